The highest BCUT2D eigenvalue weighted by atomic mass is 32.2. The summed E-state index contributed by atoms with van der Waals surface area (Å²) in [6.07, 6.45) is 3.98. The number of hydrogen-bond donors (Lipinski definition) is 2. The summed E-state index contributed by atoms with van der Waals surface area (Å²) in [4.78, 5) is 11.6. The Bertz CT molecular complexity index is 340. The second-order valence-electron chi connectivity index (χ2n) is 3.60. The molecule has 1 saturated carbocycles. The summed E-state index contributed by atoms with van der Waals surface area (Å²) in [5.74, 6) is 5.10. The van der Waals surface area contributed by atoms with Crippen molar-refractivity contribution in [3.8, 4) is 11.8 Å². The third kappa shape index (κ3) is 1.54. The van der Waals surface area contributed by atoms with Crippen LogP contribution in [0.3, 0.4) is 0 Å². The molecule has 0 aromatic carbocycles. The molecule has 0 spiro atoms. The standard InChI is InChI=1S/C10H12N2OS/c1-2-7-5-6-10(7,11)9(13)12-14-8-3-4-8/h2,7-8H,1,3-4,11H2,(H,12,13). The average molecular weight is 208 g/mol. The summed E-state index contributed by atoms with van der Waals surface area (Å²) < 4.78 is 2.75. The van der Waals surface area contributed by atoms with E-state index in [1.165, 1.54) is 24.8 Å². The molecule has 1 amide bonds. The second-order valence-corrected chi connectivity index (χ2v) is 4.71. The Morgan fingerprint density at radius 2 is 2.43 bits per heavy atom. The van der Waals surface area contributed by atoms with Gasteiger partial charge in [0.2, 0.25) is 0 Å². The van der Waals surface area contributed by atoms with Crippen LogP contribution in [0.1, 0.15) is 12.8 Å². The van der Waals surface area contributed by atoms with Gasteiger partial charge in [0.15, 0.2) is 5.54 Å². The molecule has 2 rings (SSSR count). The van der Waals surface area contributed by atoms with Crippen LogP contribution in [0, 0.1) is 17.8 Å². The van der Waals surface area contributed by atoms with Crippen LogP contribution in [0.15, 0.2) is 12.7 Å². The zero-order valence-electron chi connectivity index (χ0n) is 7.75. The van der Waals surface area contributed by atoms with E-state index in [1.807, 2.05) is 0 Å². The number of nitrogens with one attached hydrogen (secondary N) is 1. The van der Waals surface area contributed by atoms with Crippen LogP contribution >= 0.6 is 11.9 Å². The highest BCUT2D eigenvalue weighted by molar-refractivity contribution is 7.98. The van der Waals surface area contributed by atoms with Crippen LogP contribution in [0.4, 0.5) is 0 Å². The van der Waals surface area contributed by atoms with E-state index in [2.05, 4.69) is 23.1 Å². The van der Waals surface area contributed by atoms with Gasteiger partial charge >= 0.3 is 0 Å². The molecular formula is C10H12N2OS. The number of nitrogens with two attached hydrogens (primary N) is 1. The van der Waals surface area contributed by atoms with Crippen LogP contribution in [0.2, 0.25) is 0 Å². The van der Waals surface area contributed by atoms with E-state index in [0.717, 1.165) is 0 Å². The summed E-state index contributed by atoms with van der Waals surface area (Å²) in [5, 5.41) is 0.581. The van der Waals surface area contributed by atoms with Gasteiger partial charge in [0, 0.05) is 5.25 Å². The topological polar surface area (TPSA) is 55.1 Å². The van der Waals surface area contributed by atoms with Crippen molar-refractivity contribution in [3.63, 3.8) is 0 Å². The Hall–Kier alpha value is -0.920. The van der Waals surface area contributed by atoms with Gasteiger partial charge in [-0.15, -0.1) is 6.58 Å². The normalized spacial score (nSPS) is 33.6. The van der Waals surface area contributed by atoms with E-state index in [4.69, 9.17) is 5.73 Å². The Labute approximate surface area is 87.6 Å². The summed E-state index contributed by atoms with van der Waals surface area (Å²) in [7, 11) is 0. The SMILES string of the molecule is C=CC1C#CC1(N)C(=O)NSC1CC1. The van der Waals surface area contributed by atoms with E-state index < -0.39 is 5.54 Å². The van der Waals surface area contributed by atoms with Crippen LogP contribution in [-0.2, 0) is 4.79 Å². The molecule has 2 atom stereocenters. The highest BCUT2D eigenvalue weighted by Gasteiger charge is 2.44. The lowest BCUT2D eigenvalue weighted by atomic mass is 9.78. The van der Waals surface area contributed by atoms with Gasteiger partial charge in [0.25, 0.3) is 5.91 Å². The van der Waals surface area contributed by atoms with Crippen molar-refractivity contribution in [2.45, 2.75) is 23.6 Å². The predicted molar refractivity (Wildman–Crippen MR) is 57.1 cm³/mol. The molecule has 0 aliphatic heterocycles. The zero-order chi connectivity index (χ0) is 10.2. The van der Waals surface area contributed by atoms with Crippen LogP contribution < -0.4 is 10.5 Å². The van der Waals surface area contributed by atoms with Crippen LogP contribution in [-0.4, -0.2) is 16.7 Å². The summed E-state index contributed by atoms with van der Waals surface area (Å²) >= 11 is 1.46. The second kappa shape index (κ2) is 3.34. The van der Waals surface area contributed by atoms with E-state index in [1.54, 1.807) is 6.08 Å². The molecule has 0 aromatic rings. The van der Waals surface area contributed by atoms with Crippen LogP contribution in [0.25, 0.3) is 0 Å². The third-order valence-corrected chi connectivity index (χ3v) is 3.49. The molecule has 0 aromatic heterocycles. The average Bonchev–Trinajstić information content (AvgIpc) is 2.95. The van der Waals surface area contributed by atoms with Crippen molar-refractivity contribution in [1.29, 1.82) is 0 Å². The van der Waals surface area contributed by atoms with Crippen molar-refractivity contribution in [2.24, 2.45) is 11.7 Å². The first kappa shape index (κ1) is 9.63. The maximum Gasteiger partial charge on any atom is 0.264 e. The van der Waals surface area contributed by atoms with Gasteiger partial charge in [-0.2, -0.15) is 0 Å². The molecule has 74 valence electrons. The number of rotatable bonds is 4. The monoisotopic (exact) mass is 208 g/mol. The van der Waals surface area contributed by atoms with Crippen molar-refractivity contribution in [2.75, 3.05) is 0 Å². The number of hydrogen-bond acceptors (Lipinski definition) is 3. The Morgan fingerprint density at radius 3 is 2.86 bits per heavy atom. The lowest BCUT2D eigenvalue weighted by molar-refractivity contribution is -0.123. The first-order valence-electron chi connectivity index (χ1n) is 4.57. The summed E-state index contributed by atoms with van der Waals surface area (Å²) in [6.45, 7) is 3.60. The van der Waals surface area contributed by atoms with E-state index in [9.17, 15) is 4.79 Å². The highest BCUT2D eigenvalue weighted by Crippen LogP contribution is 2.32. The molecule has 0 heterocycles. The van der Waals surface area contributed by atoms with Crippen LogP contribution in [0.5, 0.6) is 0 Å². The first-order valence-corrected chi connectivity index (χ1v) is 5.45. The number of carbonyl (C=O) groups is 1. The Morgan fingerprint density at radius 1 is 1.71 bits per heavy atom. The number of amides is 1. The van der Waals surface area contributed by atoms with E-state index >= 15 is 0 Å². The molecule has 1 fully saturated rings. The molecule has 0 saturated heterocycles. The fourth-order valence-electron chi connectivity index (χ4n) is 1.16. The molecule has 2 aliphatic rings. The largest absolute Gasteiger partial charge is 0.306 e. The summed E-state index contributed by atoms with van der Waals surface area (Å²) in [6, 6.07) is 0. The molecule has 4 heteroatoms. The molecular weight excluding hydrogens is 196 g/mol. The smallest absolute Gasteiger partial charge is 0.264 e. The molecule has 14 heavy (non-hydrogen) atoms. The van der Waals surface area contributed by atoms with Crippen molar-refractivity contribution in [3.05, 3.63) is 12.7 Å². The van der Waals surface area contributed by atoms with Crippen molar-refractivity contribution >= 4 is 17.9 Å². The maximum atomic E-state index is 11.6. The van der Waals surface area contributed by atoms with Gasteiger partial charge in [0.1, 0.15) is 0 Å². The fourth-order valence-corrected chi connectivity index (χ4v) is 1.98. The molecule has 2 unspecified atom stereocenters. The molecule has 3 N–H and O–H groups in total. The Balaban J connectivity index is 1.91. The Kier molecular flexibility index (Phi) is 2.30. The molecule has 0 radical (unpaired) electrons. The quantitative estimate of drug-likeness (QED) is 0.400. The minimum absolute atomic E-state index is 0.196. The predicted octanol–water partition coefficient (Wildman–Crippen LogP) is 0.430. The maximum absolute atomic E-state index is 11.6. The van der Waals surface area contributed by atoms with Gasteiger partial charge in [-0.25, -0.2) is 0 Å². The lowest BCUT2D eigenvalue weighted by Gasteiger charge is -2.31. The van der Waals surface area contributed by atoms with Gasteiger partial charge in [0.05, 0.1) is 5.92 Å². The molecule has 2 aliphatic carbocycles. The van der Waals surface area contributed by atoms with E-state index in [-0.39, 0.29) is 11.8 Å². The first-order chi connectivity index (χ1) is 6.66. The zero-order valence-corrected chi connectivity index (χ0v) is 8.56. The number of carbonyl (C=O) groups excluding carboxylic acids is 1. The summed E-state index contributed by atoms with van der Waals surface area (Å²) in [5.41, 5.74) is 4.80. The van der Waals surface area contributed by atoms with E-state index in [0.29, 0.717) is 5.25 Å². The van der Waals surface area contributed by atoms with Crippen molar-refractivity contribution in [1.82, 2.24) is 4.72 Å². The minimum Gasteiger partial charge on any atom is -0.306 e. The van der Waals surface area contributed by atoms with Gasteiger partial charge in [-0.1, -0.05) is 17.9 Å². The minimum atomic E-state index is -1.04. The van der Waals surface area contributed by atoms with Gasteiger partial charge in [-0.3, -0.25) is 9.52 Å². The lowest BCUT2D eigenvalue weighted by Crippen LogP contribution is -2.59. The third-order valence-electron chi connectivity index (χ3n) is 2.38. The molecule has 3 nitrogen and oxygen atoms in total. The van der Waals surface area contributed by atoms with Gasteiger partial charge < -0.3 is 5.73 Å². The van der Waals surface area contributed by atoms with Gasteiger partial charge in [-0.05, 0) is 24.8 Å². The molecule has 0 bridgehead atoms. The van der Waals surface area contributed by atoms with Crippen molar-refractivity contribution < 1.29 is 4.79 Å². The fraction of sp³-hybridized carbons (Fsp3) is 0.500.